The maximum atomic E-state index is 13.5. The smallest absolute Gasteiger partial charge is 0.395 e. The quantitative estimate of drug-likeness (QED) is 0.511. The molecular formula is C24H25F2N3O4S. The maximum absolute atomic E-state index is 13.5. The Morgan fingerprint density at radius 2 is 1.65 bits per heavy atom. The van der Waals surface area contributed by atoms with Crippen molar-refractivity contribution < 1.29 is 26.7 Å². The molecule has 0 amide bonds. The zero-order valence-corrected chi connectivity index (χ0v) is 19.2. The van der Waals surface area contributed by atoms with E-state index >= 15 is 0 Å². The molecule has 0 atom stereocenters. The van der Waals surface area contributed by atoms with Crippen LogP contribution in [0, 0.1) is 0 Å². The highest BCUT2D eigenvalue weighted by atomic mass is 32.2. The van der Waals surface area contributed by atoms with Crippen molar-refractivity contribution in [1.29, 1.82) is 0 Å². The molecule has 2 aliphatic rings. The molecule has 5 rings (SSSR count). The van der Waals surface area contributed by atoms with Crippen LogP contribution in [0.1, 0.15) is 6.42 Å². The summed E-state index contributed by atoms with van der Waals surface area (Å²) >= 11 is 0. The molecule has 0 aliphatic carbocycles. The summed E-state index contributed by atoms with van der Waals surface area (Å²) in [5.41, 5.74) is 0.595. The maximum Gasteiger partial charge on any atom is 0.586 e. The minimum Gasteiger partial charge on any atom is -0.395 e. The molecule has 3 aromatic rings. The number of fused-ring (bicyclic) bond motifs is 2. The number of ether oxygens (including phenoxy) is 2. The van der Waals surface area contributed by atoms with E-state index in [9.17, 15) is 17.2 Å². The fraction of sp³-hybridized carbons (Fsp3) is 0.333. The highest BCUT2D eigenvalue weighted by Gasteiger charge is 2.45. The van der Waals surface area contributed by atoms with Gasteiger partial charge in [-0.3, -0.25) is 4.90 Å². The van der Waals surface area contributed by atoms with Crippen LogP contribution in [-0.2, 0) is 10.0 Å². The molecule has 0 aromatic heterocycles. The summed E-state index contributed by atoms with van der Waals surface area (Å²) in [5, 5.41) is 1.58. The SMILES string of the molecule is O=S(=O)(NCCCN1CCN(c2cccc3c2OC(F)(F)O3)CC1)c1cccc2ccccc12. The van der Waals surface area contributed by atoms with Crippen LogP contribution in [0.2, 0.25) is 0 Å². The third kappa shape index (κ3) is 4.66. The normalized spacial score (nSPS) is 17.9. The third-order valence-corrected chi connectivity index (χ3v) is 7.62. The van der Waals surface area contributed by atoms with Gasteiger partial charge >= 0.3 is 6.29 Å². The van der Waals surface area contributed by atoms with Gasteiger partial charge in [0.25, 0.3) is 0 Å². The predicted octanol–water partition coefficient (Wildman–Crippen LogP) is 3.65. The average molecular weight is 490 g/mol. The van der Waals surface area contributed by atoms with Gasteiger partial charge < -0.3 is 14.4 Å². The van der Waals surface area contributed by atoms with E-state index in [1.807, 2.05) is 35.2 Å². The zero-order chi connectivity index (χ0) is 23.8. The number of alkyl halides is 2. The average Bonchev–Trinajstić information content (AvgIpc) is 3.16. The summed E-state index contributed by atoms with van der Waals surface area (Å²) in [4.78, 5) is 4.52. The van der Waals surface area contributed by atoms with Gasteiger partial charge in [-0.1, -0.05) is 42.5 Å². The molecule has 0 saturated carbocycles. The van der Waals surface area contributed by atoms with Gasteiger partial charge in [-0.2, -0.15) is 0 Å². The van der Waals surface area contributed by atoms with Gasteiger partial charge in [-0.25, -0.2) is 13.1 Å². The van der Waals surface area contributed by atoms with Crippen molar-refractivity contribution in [2.45, 2.75) is 17.6 Å². The van der Waals surface area contributed by atoms with E-state index in [1.165, 1.54) is 6.07 Å². The van der Waals surface area contributed by atoms with Crippen LogP contribution in [-0.4, -0.2) is 58.9 Å². The summed E-state index contributed by atoms with van der Waals surface area (Å²) in [5.74, 6) is 0.118. The molecule has 0 spiro atoms. The lowest BCUT2D eigenvalue weighted by Crippen LogP contribution is -2.47. The Kier molecular flexibility index (Phi) is 6.05. The lowest BCUT2D eigenvalue weighted by atomic mass is 10.1. The van der Waals surface area contributed by atoms with E-state index in [1.54, 1.807) is 24.3 Å². The first-order valence-electron chi connectivity index (χ1n) is 11.2. The molecule has 2 heterocycles. The number of piperazine rings is 1. The van der Waals surface area contributed by atoms with E-state index in [0.717, 1.165) is 25.0 Å². The van der Waals surface area contributed by atoms with Crippen LogP contribution in [0.15, 0.2) is 65.6 Å². The lowest BCUT2D eigenvalue weighted by Gasteiger charge is -2.36. The number of sulfonamides is 1. The van der Waals surface area contributed by atoms with Crippen LogP contribution >= 0.6 is 0 Å². The Balaban J connectivity index is 1.12. The number of para-hydroxylation sites is 1. The first-order valence-corrected chi connectivity index (χ1v) is 12.6. The fourth-order valence-corrected chi connectivity index (χ4v) is 5.73. The van der Waals surface area contributed by atoms with Gasteiger partial charge in [0.15, 0.2) is 11.5 Å². The molecule has 1 N–H and O–H groups in total. The summed E-state index contributed by atoms with van der Waals surface area (Å²) in [6.45, 7) is 3.82. The van der Waals surface area contributed by atoms with E-state index in [4.69, 9.17) is 4.74 Å². The number of anilines is 1. The second kappa shape index (κ2) is 9.01. The van der Waals surface area contributed by atoms with Crippen molar-refractivity contribution in [1.82, 2.24) is 9.62 Å². The number of benzene rings is 3. The molecule has 0 radical (unpaired) electrons. The molecule has 7 nitrogen and oxygen atoms in total. The Morgan fingerprint density at radius 3 is 2.47 bits per heavy atom. The van der Waals surface area contributed by atoms with Crippen LogP contribution in [0.25, 0.3) is 10.8 Å². The number of nitrogens with zero attached hydrogens (tertiary/aromatic N) is 2. The lowest BCUT2D eigenvalue weighted by molar-refractivity contribution is -0.286. The first kappa shape index (κ1) is 22.8. The van der Waals surface area contributed by atoms with Crippen molar-refractivity contribution in [3.8, 4) is 11.5 Å². The zero-order valence-electron chi connectivity index (χ0n) is 18.4. The van der Waals surface area contributed by atoms with Crippen LogP contribution in [0.5, 0.6) is 11.5 Å². The second-order valence-corrected chi connectivity index (χ2v) is 10.1. The molecule has 2 aliphatic heterocycles. The van der Waals surface area contributed by atoms with E-state index in [2.05, 4.69) is 14.4 Å². The van der Waals surface area contributed by atoms with Crippen LogP contribution in [0.4, 0.5) is 14.5 Å². The Bertz CT molecular complexity index is 1290. The topological polar surface area (TPSA) is 71.1 Å². The van der Waals surface area contributed by atoms with Crippen LogP contribution < -0.4 is 19.1 Å². The fourth-order valence-electron chi connectivity index (χ4n) is 4.43. The highest BCUT2D eigenvalue weighted by Crippen LogP contribution is 2.47. The Labute approximate surface area is 196 Å². The number of hydrogen-bond donors (Lipinski definition) is 1. The molecule has 3 aromatic carbocycles. The molecule has 1 fully saturated rings. The monoisotopic (exact) mass is 489 g/mol. The third-order valence-electron chi connectivity index (χ3n) is 6.10. The minimum atomic E-state index is -3.64. The van der Waals surface area contributed by atoms with Crippen molar-refractivity contribution in [3.63, 3.8) is 0 Å². The summed E-state index contributed by atoms with van der Waals surface area (Å²) in [6, 6.07) is 17.6. The van der Waals surface area contributed by atoms with Gasteiger partial charge in [0.1, 0.15) is 0 Å². The van der Waals surface area contributed by atoms with Gasteiger partial charge in [-0.15, -0.1) is 8.78 Å². The van der Waals surface area contributed by atoms with Gasteiger partial charge in [0.05, 0.1) is 10.6 Å². The molecular weight excluding hydrogens is 464 g/mol. The summed E-state index contributed by atoms with van der Waals surface area (Å²) in [6.07, 6.45) is -2.98. The Morgan fingerprint density at radius 1 is 0.912 bits per heavy atom. The largest absolute Gasteiger partial charge is 0.586 e. The molecule has 10 heteroatoms. The molecule has 34 heavy (non-hydrogen) atoms. The highest BCUT2D eigenvalue weighted by molar-refractivity contribution is 7.89. The molecule has 0 unspecified atom stereocenters. The molecule has 1 saturated heterocycles. The first-order chi connectivity index (χ1) is 16.3. The van der Waals surface area contributed by atoms with Crippen molar-refractivity contribution >= 4 is 26.5 Å². The van der Waals surface area contributed by atoms with Gasteiger partial charge in [0.2, 0.25) is 10.0 Å². The Hall–Kier alpha value is -2.95. The number of hydrogen-bond acceptors (Lipinski definition) is 6. The second-order valence-electron chi connectivity index (χ2n) is 8.33. The summed E-state index contributed by atoms with van der Waals surface area (Å²) < 4.78 is 64.6. The van der Waals surface area contributed by atoms with E-state index < -0.39 is 16.3 Å². The molecule has 180 valence electrons. The van der Waals surface area contributed by atoms with E-state index in [-0.39, 0.29) is 16.4 Å². The van der Waals surface area contributed by atoms with Gasteiger partial charge in [0, 0.05) is 38.1 Å². The van der Waals surface area contributed by atoms with Crippen molar-refractivity contribution in [2.24, 2.45) is 0 Å². The molecule has 0 bridgehead atoms. The van der Waals surface area contributed by atoms with Gasteiger partial charge in [-0.05, 0) is 36.6 Å². The van der Waals surface area contributed by atoms with Crippen molar-refractivity contribution in [3.05, 3.63) is 60.7 Å². The van der Waals surface area contributed by atoms with E-state index in [0.29, 0.717) is 37.1 Å². The number of nitrogens with one attached hydrogen (secondary N) is 1. The van der Waals surface area contributed by atoms with Crippen LogP contribution in [0.3, 0.4) is 0 Å². The standard InChI is InChI=1S/C24H25F2N3O4S/c25-24(26)32-21-10-4-9-20(23(21)33-24)29-16-14-28(15-17-29)13-5-12-27-34(30,31)22-11-3-7-18-6-1-2-8-19(18)22/h1-4,6-11,27H,5,12-17H2. The minimum absolute atomic E-state index is 0.0448. The number of halogens is 2. The van der Waals surface area contributed by atoms with Crippen molar-refractivity contribution in [2.75, 3.05) is 44.2 Å². The predicted molar refractivity (Wildman–Crippen MR) is 125 cm³/mol. The number of rotatable bonds is 7. The summed E-state index contributed by atoms with van der Waals surface area (Å²) in [7, 11) is -3.61.